The van der Waals surface area contributed by atoms with Gasteiger partial charge in [0.15, 0.2) is 0 Å². The zero-order chi connectivity index (χ0) is 9.19. The molecule has 1 unspecified atom stereocenters. The Hall–Kier alpha value is -1.25. The second-order valence-corrected chi connectivity index (χ2v) is 3.19. The van der Waals surface area contributed by atoms with Crippen molar-refractivity contribution in [2.75, 3.05) is 7.11 Å². The Morgan fingerprint density at radius 3 is 2.92 bits per heavy atom. The third kappa shape index (κ3) is 1.49. The van der Waals surface area contributed by atoms with Crippen LogP contribution in [0.4, 0.5) is 0 Å². The molecule has 0 aromatic carbocycles. The molecule has 0 aromatic heterocycles. The minimum absolute atomic E-state index is 0.241. The summed E-state index contributed by atoms with van der Waals surface area (Å²) in [7, 11) is 1.38. The van der Waals surface area contributed by atoms with Crippen LogP contribution in [0.2, 0.25) is 0 Å². The van der Waals surface area contributed by atoms with E-state index < -0.39 is 5.41 Å². The Morgan fingerprint density at radius 2 is 2.42 bits per heavy atom. The molecule has 0 spiro atoms. The number of carbonyl (C=O) groups is 1. The van der Waals surface area contributed by atoms with Gasteiger partial charge in [-0.25, -0.2) is 0 Å². The van der Waals surface area contributed by atoms with E-state index in [-0.39, 0.29) is 5.97 Å². The van der Waals surface area contributed by atoms with E-state index in [9.17, 15) is 4.79 Å². The van der Waals surface area contributed by atoms with Crippen molar-refractivity contribution in [1.82, 2.24) is 0 Å². The molecular weight excluding hydrogens is 154 g/mol. The smallest absolute Gasteiger partial charge is 0.315 e. The molecule has 1 rings (SSSR count). The minimum atomic E-state index is -0.576. The van der Waals surface area contributed by atoms with Crippen molar-refractivity contribution in [3.63, 3.8) is 0 Å². The molecule has 0 fully saturated rings. The number of allylic oxidation sites excluding steroid dienone is 3. The van der Waals surface area contributed by atoms with Crippen molar-refractivity contribution in [3.8, 4) is 0 Å². The van der Waals surface area contributed by atoms with Gasteiger partial charge in [0, 0.05) is 12.1 Å². The SMILES string of the molecule is COC(=O)C1(C)C=CC=C(N)C1. The third-order valence-electron chi connectivity index (χ3n) is 2.00. The van der Waals surface area contributed by atoms with Gasteiger partial charge in [0.05, 0.1) is 12.5 Å². The number of rotatable bonds is 1. The Balaban J connectivity index is 2.82. The first-order chi connectivity index (χ1) is 5.58. The summed E-state index contributed by atoms with van der Waals surface area (Å²) in [4.78, 5) is 11.3. The standard InChI is InChI=1S/C9H13NO2/c1-9(8(11)12-2)5-3-4-7(10)6-9/h3-5H,6,10H2,1-2H3. The van der Waals surface area contributed by atoms with E-state index in [1.165, 1.54) is 7.11 Å². The van der Waals surface area contributed by atoms with Crippen LogP contribution in [0.1, 0.15) is 13.3 Å². The number of carbonyl (C=O) groups excluding carboxylic acids is 1. The van der Waals surface area contributed by atoms with E-state index in [4.69, 9.17) is 5.73 Å². The van der Waals surface area contributed by atoms with Gasteiger partial charge in [-0.05, 0) is 13.0 Å². The van der Waals surface area contributed by atoms with Gasteiger partial charge in [0.2, 0.25) is 0 Å². The lowest BCUT2D eigenvalue weighted by atomic mass is 9.82. The van der Waals surface area contributed by atoms with Crippen molar-refractivity contribution in [1.29, 1.82) is 0 Å². The second-order valence-electron chi connectivity index (χ2n) is 3.19. The summed E-state index contributed by atoms with van der Waals surface area (Å²) in [6.45, 7) is 1.81. The maximum absolute atomic E-state index is 11.3. The maximum Gasteiger partial charge on any atom is 0.315 e. The summed E-state index contributed by atoms with van der Waals surface area (Å²) in [6, 6.07) is 0. The summed E-state index contributed by atoms with van der Waals surface area (Å²) in [5.74, 6) is -0.241. The molecule has 3 nitrogen and oxygen atoms in total. The number of methoxy groups -OCH3 is 1. The first kappa shape index (κ1) is 8.84. The molecule has 1 aliphatic carbocycles. The monoisotopic (exact) mass is 167 g/mol. The van der Waals surface area contributed by atoms with E-state index in [2.05, 4.69) is 4.74 Å². The van der Waals surface area contributed by atoms with E-state index in [0.29, 0.717) is 12.1 Å². The predicted octanol–water partition coefficient (Wildman–Crippen LogP) is 0.968. The van der Waals surface area contributed by atoms with Crippen LogP contribution in [0.15, 0.2) is 23.9 Å². The minimum Gasteiger partial charge on any atom is -0.468 e. The van der Waals surface area contributed by atoms with Gasteiger partial charge in [-0.1, -0.05) is 12.2 Å². The van der Waals surface area contributed by atoms with Crippen LogP contribution < -0.4 is 5.73 Å². The Bertz CT molecular complexity index is 255. The molecule has 0 saturated carbocycles. The highest BCUT2D eigenvalue weighted by Gasteiger charge is 2.33. The average molecular weight is 167 g/mol. The average Bonchev–Trinajstić information content (AvgIpc) is 2.02. The van der Waals surface area contributed by atoms with Crippen molar-refractivity contribution in [3.05, 3.63) is 23.9 Å². The Morgan fingerprint density at radius 1 is 1.75 bits per heavy atom. The molecule has 0 amide bonds. The van der Waals surface area contributed by atoms with E-state index in [0.717, 1.165) is 0 Å². The fraction of sp³-hybridized carbons (Fsp3) is 0.444. The van der Waals surface area contributed by atoms with Crippen molar-refractivity contribution in [2.45, 2.75) is 13.3 Å². The molecule has 0 radical (unpaired) electrons. The van der Waals surface area contributed by atoms with Crippen LogP contribution in [0, 0.1) is 5.41 Å². The van der Waals surface area contributed by atoms with Crippen molar-refractivity contribution < 1.29 is 9.53 Å². The maximum atomic E-state index is 11.3. The fourth-order valence-corrected chi connectivity index (χ4v) is 1.30. The molecule has 0 saturated heterocycles. The Labute approximate surface area is 71.9 Å². The lowest BCUT2D eigenvalue weighted by Crippen LogP contribution is -2.30. The third-order valence-corrected chi connectivity index (χ3v) is 2.00. The number of hydrogen-bond acceptors (Lipinski definition) is 3. The first-order valence-corrected chi connectivity index (χ1v) is 3.81. The van der Waals surface area contributed by atoms with Gasteiger partial charge in [0.25, 0.3) is 0 Å². The van der Waals surface area contributed by atoms with Crippen LogP contribution in [-0.2, 0) is 9.53 Å². The topological polar surface area (TPSA) is 52.3 Å². The molecule has 1 aliphatic rings. The first-order valence-electron chi connectivity index (χ1n) is 3.81. The van der Waals surface area contributed by atoms with E-state index in [1.54, 1.807) is 12.2 Å². The van der Waals surface area contributed by atoms with Crippen LogP contribution >= 0.6 is 0 Å². The second kappa shape index (κ2) is 3.01. The van der Waals surface area contributed by atoms with Crippen molar-refractivity contribution in [2.24, 2.45) is 11.1 Å². The molecule has 0 aliphatic heterocycles. The summed E-state index contributed by atoms with van der Waals surface area (Å²) in [5.41, 5.74) is 5.74. The quantitative estimate of drug-likeness (QED) is 0.592. The summed E-state index contributed by atoms with van der Waals surface area (Å²) < 4.78 is 4.67. The highest BCUT2D eigenvalue weighted by molar-refractivity contribution is 5.79. The van der Waals surface area contributed by atoms with E-state index >= 15 is 0 Å². The van der Waals surface area contributed by atoms with Crippen LogP contribution in [0.25, 0.3) is 0 Å². The van der Waals surface area contributed by atoms with Crippen LogP contribution in [-0.4, -0.2) is 13.1 Å². The van der Waals surface area contributed by atoms with Gasteiger partial charge < -0.3 is 10.5 Å². The highest BCUT2D eigenvalue weighted by atomic mass is 16.5. The summed E-state index contributed by atoms with van der Waals surface area (Å²) in [5, 5.41) is 0. The van der Waals surface area contributed by atoms with Crippen LogP contribution in [0.5, 0.6) is 0 Å². The highest BCUT2D eigenvalue weighted by Crippen LogP contribution is 2.30. The summed E-state index contributed by atoms with van der Waals surface area (Å²) >= 11 is 0. The predicted molar refractivity (Wildman–Crippen MR) is 46.2 cm³/mol. The largest absolute Gasteiger partial charge is 0.468 e. The van der Waals surface area contributed by atoms with E-state index in [1.807, 2.05) is 13.0 Å². The molecule has 2 N–H and O–H groups in total. The summed E-state index contributed by atoms with van der Waals surface area (Å²) in [6.07, 6.45) is 5.94. The molecule has 12 heavy (non-hydrogen) atoms. The zero-order valence-corrected chi connectivity index (χ0v) is 7.33. The number of nitrogens with two attached hydrogens (primary N) is 1. The number of ether oxygens (including phenoxy) is 1. The number of hydrogen-bond donors (Lipinski definition) is 1. The van der Waals surface area contributed by atoms with Gasteiger partial charge >= 0.3 is 5.97 Å². The van der Waals surface area contributed by atoms with Gasteiger partial charge in [-0.2, -0.15) is 0 Å². The molecule has 66 valence electrons. The van der Waals surface area contributed by atoms with Crippen molar-refractivity contribution >= 4 is 5.97 Å². The molecule has 0 aromatic rings. The molecule has 0 bridgehead atoms. The number of esters is 1. The lowest BCUT2D eigenvalue weighted by molar-refractivity contribution is -0.148. The molecular formula is C9H13NO2. The molecule has 0 heterocycles. The Kier molecular flexibility index (Phi) is 2.22. The van der Waals surface area contributed by atoms with Gasteiger partial charge in [0.1, 0.15) is 0 Å². The molecule has 1 atom stereocenters. The molecule has 3 heteroatoms. The fourth-order valence-electron chi connectivity index (χ4n) is 1.30. The van der Waals surface area contributed by atoms with Gasteiger partial charge in [-0.3, -0.25) is 4.79 Å². The normalized spacial score (nSPS) is 28.0. The van der Waals surface area contributed by atoms with Crippen LogP contribution in [0.3, 0.4) is 0 Å². The lowest BCUT2D eigenvalue weighted by Gasteiger charge is -2.24. The van der Waals surface area contributed by atoms with Gasteiger partial charge in [-0.15, -0.1) is 0 Å². The zero-order valence-electron chi connectivity index (χ0n) is 7.33.